The average Bonchev–Trinajstić information content (AvgIpc) is 2.73. The second-order valence-corrected chi connectivity index (χ2v) is 7.75. The van der Waals surface area contributed by atoms with Crippen LogP contribution in [0.1, 0.15) is 35.9 Å². The molecule has 0 aliphatic carbocycles. The highest BCUT2D eigenvalue weighted by molar-refractivity contribution is 5.75. The van der Waals surface area contributed by atoms with Crippen molar-refractivity contribution in [2.24, 2.45) is 11.7 Å². The molecule has 0 amide bonds. The Bertz CT molecular complexity index is 789. The molecular formula is C22H29N5O. The van der Waals surface area contributed by atoms with Gasteiger partial charge in [-0.1, -0.05) is 30.3 Å². The minimum atomic E-state index is -0.242. The van der Waals surface area contributed by atoms with Gasteiger partial charge in [0.15, 0.2) is 12.2 Å². The van der Waals surface area contributed by atoms with Crippen LogP contribution in [0, 0.1) is 11.3 Å². The van der Waals surface area contributed by atoms with Gasteiger partial charge in [0.2, 0.25) is 0 Å². The van der Waals surface area contributed by atoms with E-state index in [1.165, 1.54) is 5.56 Å². The van der Waals surface area contributed by atoms with Gasteiger partial charge >= 0.3 is 0 Å². The number of pyridine rings is 1. The number of benzene rings is 1. The van der Waals surface area contributed by atoms with Crippen LogP contribution in [-0.2, 0) is 17.7 Å². The summed E-state index contributed by atoms with van der Waals surface area (Å²) in [5.74, 6) is 0.632. The minimum absolute atomic E-state index is 0.0877. The van der Waals surface area contributed by atoms with Crippen molar-refractivity contribution in [3.63, 3.8) is 0 Å². The Morgan fingerprint density at radius 1 is 1.11 bits per heavy atom. The molecule has 0 saturated carbocycles. The fourth-order valence-electron chi connectivity index (χ4n) is 4.21. The summed E-state index contributed by atoms with van der Waals surface area (Å²) < 4.78 is 6.35. The molecule has 2 aliphatic heterocycles. The van der Waals surface area contributed by atoms with Gasteiger partial charge in [0.25, 0.3) is 0 Å². The molecule has 1 saturated heterocycles. The molecule has 3 heterocycles. The second-order valence-electron chi connectivity index (χ2n) is 7.75. The molecule has 6 nitrogen and oxygen atoms in total. The van der Waals surface area contributed by atoms with E-state index in [1.54, 1.807) is 0 Å². The zero-order chi connectivity index (χ0) is 19.3. The normalized spacial score (nSPS) is 20.7. The van der Waals surface area contributed by atoms with Crippen molar-refractivity contribution in [3.05, 3.63) is 65.5 Å². The number of hydrogen-bond acceptors (Lipinski definition) is 4. The minimum Gasteiger partial charge on any atom is -0.370 e. The lowest BCUT2D eigenvalue weighted by atomic mass is 9.96. The third-order valence-corrected chi connectivity index (χ3v) is 5.84. The molecule has 4 rings (SSSR count). The number of rotatable bonds is 5. The first-order chi connectivity index (χ1) is 13.7. The van der Waals surface area contributed by atoms with Crippen molar-refractivity contribution in [1.29, 1.82) is 5.41 Å². The molecule has 1 aromatic heterocycles. The molecule has 1 unspecified atom stereocenters. The fraction of sp³-hybridized carbons (Fsp3) is 0.455. The summed E-state index contributed by atoms with van der Waals surface area (Å²) in [6, 6.07) is 14.5. The van der Waals surface area contributed by atoms with Crippen molar-refractivity contribution >= 4 is 5.96 Å². The van der Waals surface area contributed by atoms with E-state index in [-0.39, 0.29) is 12.2 Å². The highest BCUT2D eigenvalue weighted by Crippen LogP contribution is 2.31. The predicted molar refractivity (Wildman–Crippen MR) is 110 cm³/mol. The van der Waals surface area contributed by atoms with Crippen molar-refractivity contribution in [2.45, 2.75) is 32.0 Å². The number of aromatic nitrogens is 1. The summed E-state index contributed by atoms with van der Waals surface area (Å²) in [6.07, 6.45) is 4.77. The molecular weight excluding hydrogens is 350 g/mol. The molecule has 1 fully saturated rings. The summed E-state index contributed by atoms with van der Waals surface area (Å²) in [5.41, 5.74) is 9.41. The highest BCUT2D eigenvalue weighted by atomic mass is 16.5. The fourth-order valence-corrected chi connectivity index (χ4v) is 4.21. The maximum atomic E-state index is 7.93. The number of ether oxygens (including phenoxy) is 1. The zero-order valence-electron chi connectivity index (χ0n) is 16.3. The third kappa shape index (κ3) is 4.34. The van der Waals surface area contributed by atoms with Crippen molar-refractivity contribution in [3.8, 4) is 0 Å². The first-order valence-electron chi connectivity index (χ1n) is 10.1. The Kier molecular flexibility index (Phi) is 5.88. The Morgan fingerprint density at radius 3 is 2.64 bits per heavy atom. The van der Waals surface area contributed by atoms with Crippen molar-refractivity contribution in [1.82, 2.24) is 14.8 Å². The van der Waals surface area contributed by atoms with E-state index >= 15 is 0 Å². The van der Waals surface area contributed by atoms with Gasteiger partial charge in [-0.25, -0.2) is 0 Å². The zero-order valence-corrected chi connectivity index (χ0v) is 16.3. The van der Waals surface area contributed by atoms with Crippen LogP contribution in [0.4, 0.5) is 0 Å². The van der Waals surface area contributed by atoms with Gasteiger partial charge in [0.1, 0.15) is 0 Å². The Hall–Kier alpha value is -2.44. The number of nitrogens with one attached hydrogen (secondary N) is 1. The summed E-state index contributed by atoms with van der Waals surface area (Å²) in [4.78, 5) is 8.77. The number of nitrogens with zero attached hydrogens (tertiary/aromatic N) is 3. The van der Waals surface area contributed by atoms with Gasteiger partial charge in [0, 0.05) is 24.8 Å². The molecule has 148 valence electrons. The maximum absolute atomic E-state index is 7.93. The summed E-state index contributed by atoms with van der Waals surface area (Å²) in [5, 5.41) is 7.93. The second kappa shape index (κ2) is 8.71. The predicted octanol–water partition coefficient (Wildman–Crippen LogP) is 2.76. The quantitative estimate of drug-likeness (QED) is 0.617. The molecule has 28 heavy (non-hydrogen) atoms. The number of likely N-dealkylation sites (tertiary alicyclic amines) is 1. The average molecular weight is 380 g/mol. The molecule has 2 aromatic rings. The van der Waals surface area contributed by atoms with Crippen LogP contribution in [0.5, 0.6) is 0 Å². The Balaban J connectivity index is 1.32. The SMILES string of the molecule is N=C(N)N1CCc2ccccc2C1OCC1CCN(Cc2ccccn2)CC1. The van der Waals surface area contributed by atoms with Gasteiger partial charge in [-0.15, -0.1) is 0 Å². The van der Waals surface area contributed by atoms with E-state index < -0.39 is 0 Å². The van der Waals surface area contributed by atoms with Crippen LogP contribution in [0.15, 0.2) is 48.7 Å². The Morgan fingerprint density at radius 2 is 1.89 bits per heavy atom. The van der Waals surface area contributed by atoms with E-state index in [1.807, 2.05) is 29.3 Å². The van der Waals surface area contributed by atoms with E-state index in [0.29, 0.717) is 12.5 Å². The van der Waals surface area contributed by atoms with Crippen LogP contribution in [-0.4, -0.2) is 47.0 Å². The molecule has 0 spiro atoms. The van der Waals surface area contributed by atoms with Gasteiger partial charge in [-0.05, 0) is 56.0 Å². The summed E-state index contributed by atoms with van der Waals surface area (Å²) in [7, 11) is 0. The smallest absolute Gasteiger partial charge is 0.190 e. The number of hydrogen-bond donors (Lipinski definition) is 2. The molecule has 3 N–H and O–H groups in total. The van der Waals surface area contributed by atoms with Crippen molar-refractivity contribution < 1.29 is 4.74 Å². The van der Waals surface area contributed by atoms with Gasteiger partial charge < -0.3 is 15.4 Å². The van der Waals surface area contributed by atoms with Crippen LogP contribution >= 0.6 is 0 Å². The third-order valence-electron chi connectivity index (χ3n) is 5.84. The number of guanidine groups is 1. The highest BCUT2D eigenvalue weighted by Gasteiger charge is 2.30. The lowest BCUT2D eigenvalue weighted by molar-refractivity contribution is -0.0578. The molecule has 0 bridgehead atoms. The van der Waals surface area contributed by atoms with Gasteiger partial charge in [0.05, 0.1) is 12.3 Å². The standard InChI is InChI=1S/C22H29N5O/c23-22(24)27-14-10-18-5-1-2-7-20(18)21(27)28-16-17-8-12-26(13-9-17)15-19-6-3-4-11-25-19/h1-7,11,17,21H,8-10,12-16H2,(H3,23,24). The number of piperidine rings is 1. The number of nitrogens with two attached hydrogens (primary N) is 1. The molecule has 0 radical (unpaired) electrons. The first-order valence-corrected chi connectivity index (χ1v) is 10.1. The van der Waals surface area contributed by atoms with E-state index in [0.717, 1.165) is 56.7 Å². The molecule has 2 aliphatic rings. The van der Waals surface area contributed by atoms with Gasteiger partial charge in [-0.3, -0.25) is 15.3 Å². The maximum Gasteiger partial charge on any atom is 0.190 e. The largest absolute Gasteiger partial charge is 0.370 e. The van der Waals surface area contributed by atoms with Crippen LogP contribution in [0.3, 0.4) is 0 Å². The van der Waals surface area contributed by atoms with E-state index in [9.17, 15) is 0 Å². The van der Waals surface area contributed by atoms with Crippen LogP contribution in [0.25, 0.3) is 0 Å². The Labute approximate surface area is 166 Å². The lowest BCUT2D eigenvalue weighted by Gasteiger charge is -2.38. The van der Waals surface area contributed by atoms with E-state index in [4.69, 9.17) is 15.9 Å². The van der Waals surface area contributed by atoms with Crippen LogP contribution < -0.4 is 5.73 Å². The van der Waals surface area contributed by atoms with E-state index in [2.05, 4.69) is 34.1 Å². The van der Waals surface area contributed by atoms with Crippen molar-refractivity contribution in [2.75, 3.05) is 26.2 Å². The lowest BCUT2D eigenvalue weighted by Crippen LogP contribution is -2.45. The monoisotopic (exact) mass is 379 g/mol. The number of fused-ring (bicyclic) bond motifs is 1. The topological polar surface area (TPSA) is 78.5 Å². The summed E-state index contributed by atoms with van der Waals surface area (Å²) >= 11 is 0. The molecule has 1 atom stereocenters. The summed E-state index contributed by atoms with van der Waals surface area (Å²) in [6.45, 7) is 4.51. The molecule has 1 aromatic carbocycles. The van der Waals surface area contributed by atoms with Gasteiger partial charge in [-0.2, -0.15) is 0 Å². The first kappa shape index (κ1) is 18.9. The van der Waals surface area contributed by atoms with Crippen LogP contribution in [0.2, 0.25) is 0 Å². The molecule has 6 heteroatoms.